The van der Waals surface area contributed by atoms with Gasteiger partial charge in [-0.15, -0.1) is 0 Å². The predicted octanol–water partition coefficient (Wildman–Crippen LogP) is 22.7. The first-order valence-corrected chi connectivity index (χ1v) is 31.6. The van der Waals surface area contributed by atoms with Crippen LogP contribution >= 0.6 is 0 Å². The van der Waals surface area contributed by atoms with Gasteiger partial charge in [-0.3, -0.25) is 0 Å². The van der Waals surface area contributed by atoms with Crippen LogP contribution in [0.1, 0.15) is 332 Å². The molecule has 2 aromatic carbocycles. The van der Waals surface area contributed by atoms with Crippen LogP contribution in [-0.4, -0.2) is 10.4 Å². The van der Waals surface area contributed by atoms with Crippen molar-refractivity contribution in [2.24, 2.45) is 0 Å². The number of nitrogens with zero attached hydrogens (tertiary/aromatic N) is 1. The van der Waals surface area contributed by atoms with E-state index in [1.807, 2.05) is 4.68 Å². The molecule has 0 radical (unpaired) electrons. The van der Waals surface area contributed by atoms with E-state index in [0.717, 1.165) is 55.5 Å². The summed E-state index contributed by atoms with van der Waals surface area (Å²) < 4.78 is 1.83. The van der Waals surface area contributed by atoms with E-state index in [4.69, 9.17) is 0 Å². The molecule has 0 fully saturated rings. The van der Waals surface area contributed by atoms with Gasteiger partial charge >= 0.3 is 0 Å². The maximum Gasteiger partial charge on any atom is 0.225 e. The third-order valence-electron chi connectivity index (χ3n) is 15.4. The molecule has 3 rings (SSSR count). The van der Waals surface area contributed by atoms with Crippen LogP contribution in [0, 0.1) is 11.8 Å². The van der Waals surface area contributed by atoms with Gasteiger partial charge in [0.2, 0.25) is 11.4 Å². The molecule has 0 amide bonds. The minimum Gasteiger partial charge on any atom is -0.448 e. The molecule has 2 aromatic rings. The first-order chi connectivity index (χ1) is 35.0. The molecule has 71 heavy (non-hydrogen) atoms. The van der Waals surface area contributed by atoms with Crippen LogP contribution in [0.15, 0.2) is 53.6 Å². The molecule has 0 atom stereocenters. The molecule has 2 heteroatoms. The lowest BCUT2D eigenvalue weighted by atomic mass is 9.90. The number of nitrogens with one attached hydrogen (secondary N) is 1. The van der Waals surface area contributed by atoms with E-state index in [1.165, 1.54) is 283 Å². The molecule has 1 aliphatic heterocycles. The quantitative estimate of drug-likeness (QED) is 0.0359. The van der Waals surface area contributed by atoms with Crippen LogP contribution in [0.4, 0.5) is 0 Å². The van der Waals surface area contributed by atoms with Gasteiger partial charge in [0.05, 0.1) is 5.57 Å². The maximum atomic E-state index is 10.2. The largest absolute Gasteiger partial charge is 0.448 e. The Hall–Kier alpha value is -3.05. The Morgan fingerprint density at radius 2 is 0.676 bits per heavy atom. The first kappa shape index (κ1) is 62.2. The van der Waals surface area contributed by atoms with Crippen LogP contribution in [0.25, 0.3) is 11.5 Å². The number of rotatable bonds is 45. The summed E-state index contributed by atoms with van der Waals surface area (Å²) in [5.74, 6) is 17.7. The van der Waals surface area contributed by atoms with Gasteiger partial charge in [-0.1, -0.05) is 277 Å². The molecule has 0 unspecified atom stereocenters. The summed E-state index contributed by atoms with van der Waals surface area (Å²) in [5.41, 5.74) is 12.4. The van der Waals surface area contributed by atoms with Crippen molar-refractivity contribution in [3.63, 3.8) is 0 Å². The summed E-state index contributed by atoms with van der Waals surface area (Å²) in [6.45, 7) is 13.8. The second-order valence-electron chi connectivity index (χ2n) is 22.3. The Morgan fingerprint density at radius 1 is 0.366 bits per heavy atom. The number of allylic oxidation sites excluding steroid dienone is 3. The van der Waals surface area contributed by atoms with Crippen LogP contribution in [-0.2, 0) is 25.7 Å². The lowest BCUT2D eigenvalue weighted by Gasteiger charge is -2.13. The second kappa shape index (κ2) is 42.3. The van der Waals surface area contributed by atoms with E-state index < -0.39 is 0 Å². The normalized spacial score (nSPS) is 13.3. The third kappa shape index (κ3) is 27.2. The van der Waals surface area contributed by atoms with Crippen LogP contribution < -0.4 is 0 Å². The zero-order valence-electron chi connectivity index (χ0n) is 48.1. The highest BCUT2D eigenvalue weighted by Crippen LogP contribution is 2.37. The summed E-state index contributed by atoms with van der Waals surface area (Å²) >= 11 is 0. The Morgan fingerprint density at radius 3 is 1.03 bits per heavy atom. The minimum atomic E-state index is 0.930. The van der Waals surface area contributed by atoms with Crippen molar-refractivity contribution in [2.45, 2.75) is 324 Å². The van der Waals surface area contributed by atoms with E-state index in [2.05, 4.69) is 95.9 Å². The molecule has 0 saturated heterocycles. The van der Waals surface area contributed by atoms with Gasteiger partial charge in [-0.25, -0.2) is 4.68 Å². The van der Waals surface area contributed by atoms with Gasteiger partial charge in [0.15, 0.2) is 0 Å². The van der Waals surface area contributed by atoms with Crippen molar-refractivity contribution < 1.29 is 4.68 Å². The average molecular weight is 972 g/mol. The van der Waals surface area contributed by atoms with Gasteiger partial charge in [0.25, 0.3) is 0 Å². The maximum absolute atomic E-state index is 10.2. The smallest absolute Gasteiger partial charge is 0.225 e. The molecule has 1 aliphatic rings. The monoisotopic (exact) mass is 971 g/mol. The predicted molar refractivity (Wildman–Crippen MR) is 318 cm³/mol. The molecule has 0 saturated carbocycles. The van der Waals surface area contributed by atoms with Crippen molar-refractivity contribution in [3.8, 4) is 11.8 Å². The van der Waals surface area contributed by atoms with Crippen LogP contribution in [0.2, 0.25) is 0 Å². The van der Waals surface area contributed by atoms with Crippen molar-refractivity contribution in [1.29, 1.82) is 0 Å². The molecule has 0 spiro atoms. The summed E-state index contributed by atoms with van der Waals surface area (Å²) in [6, 6.07) is 14.6. The summed E-state index contributed by atoms with van der Waals surface area (Å²) in [7, 11) is 0. The van der Waals surface area contributed by atoms with E-state index in [1.54, 1.807) is 0 Å². The fraction of sp³-hybridized carbons (Fsp3) is 0.725. The summed E-state index contributed by atoms with van der Waals surface area (Å²) in [4.78, 5) is 0. The van der Waals surface area contributed by atoms with Crippen molar-refractivity contribution in [3.05, 3.63) is 92.8 Å². The summed E-state index contributed by atoms with van der Waals surface area (Å²) in [5, 5.41) is 0. The zero-order valence-corrected chi connectivity index (χ0v) is 48.1. The minimum absolute atomic E-state index is 0.930. The third-order valence-corrected chi connectivity index (χ3v) is 15.4. The Bertz CT molecular complexity index is 1760. The Kier molecular flexibility index (Phi) is 37.1. The van der Waals surface area contributed by atoms with Gasteiger partial charge in [0, 0.05) is 17.5 Å². The number of benzene rings is 2. The lowest BCUT2D eigenvalue weighted by molar-refractivity contribution is -0.347. The molecule has 1 N–H and O–H groups in total. The van der Waals surface area contributed by atoms with E-state index >= 15 is 0 Å². The van der Waals surface area contributed by atoms with Gasteiger partial charge in [-0.05, 0) is 117 Å². The molecule has 0 aliphatic carbocycles. The summed E-state index contributed by atoms with van der Waals surface area (Å²) in [6.07, 6.45) is 60.2. The van der Waals surface area contributed by atoms with Crippen molar-refractivity contribution in [2.75, 3.05) is 0 Å². The highest BCUT2D eigenvalue weighted by molar-refractivity contribution is 6.17. The standard InChI is InChI=1S/C69H114N2/c1-7-13-19-21-23-24-25-26-27-28-29-30-31-32-33-34-35-36-37-38-39-40-41-42-43-45-47-53-67-66(52-46-44-22-20-14-8-2)68(64-56-60(48-15-9-3)54-61(57-64)49-16-10-4)71(70)69(67)65-58-62(50-17-11-5)55-63(59-65)51-18-12-6/h52,54-59,70H,7-46,48-51H2,1-6H3. The Balaban J connectivity index is 1.62. The van der Waals surface area contributed by atoms with Gasteiger partial charge < -0.3 is 5.84 Å². The first-order valence-electron chi connectivity index (χ1n) is 31.6. The molecular weight excluding hydrogens is 857 g/mol. The lowest BCUT2D eigenvalue weighted by Crippen LogP contribution is -2.13. The van der Waals surface area contributed by atoms with E-state index in [9.17, 15) is 5.84 Å². The number of hydrogen-bond donors (Lipinski definition) is 0. The molecule has 0 bridgehead atoms. The van der Waals surface area contributed by atoms with E-state index in [0.29, 0.717) is 0 Å². The number of aryl methyl sites for hydroxylation is 4. The molecule has 2 nitrogen and oxygen atoms in total. The van der Waals surface area contributed by atoms with Crippen LogP contribution in [0.3, 0.4) is 0 Å². The van der Waals surface area contributed by atoms with Crippen molar-refractivity contribution in [1.82, 2.24) is 0 Å². The highest BCUT2D eigenvalue weighted by atomic mass is 15.3. The van der Waals surface area contributed by atoms with Crippen LogP contribution in [0.5, 0.6) is 0 Å². The molecule has 1 heterocycles. The highest BCUT2D eigenvalue weighted by Gasteiger charge is 2.35. The Labute approximate surface area is 442 Å². The fourth-order valence-electron chi connectivity index (χ4n) is 10.9. The zero-order chi connectivity index (χ0) is 50.8. The van der Waals surface area contributed by atoms with Gasteiger partial charge in [0.1, 0.15) is 5.57 Å². The van der Waals surface area contributed by atoms with Gasteiger partial charge in [-0.2, -0.15) is 0 Å². The number of unbranched alkanes of at least 4 members (excludes halogenated alkanes) is 34. The fourth-order valence-corrected chi connectivity index (χ4v) is 10.9. The molecule has 400 valence electrons. The topological polar surface area (TPSA) is 26.8 Å². The molecular formula is C69H114N2. The number of hydrogen-bond acceptors (Lipinski definition) is 0. The van der Waals surface area contributed by atoms with Crippen molar-refractivity contribution >= 4 is 11.4 Å². The van der Waals surface area contributed by atoms with E-state index in [-0.39, 0.29) is 0 Å². The SMILES string of the molecule is CCCCCCCC=C1C(C#CCCCCCCCCCCCCCCCCCCCCCCCCCCC)=C(c2cc(CCCC)cc(CCCC)c2)[N+]([NH-])=C1c1cc(CCCC)cc(CCCC)c1. The second-order valence-corrected chi connectivity index (χ2v) is 22.3. The average Bonchev–Trinajstić information content (AvgIpc) is 3.66. The molecule has 0 aromatic heterocycles.